The van der Waals surface area contributed by atoms with Crippen molar-refractivity contribution in [2.45, 2.75) is 51.4 Å². The van der Waals surface area contributed by atoms with E-state index >= 15 is 0 Å². The number of hydrogen-bond donors (Lipinski definition) is 0. The Bertz CT molecular complexity index is 691. The largest absolute Gasteiger partial charge is 0.493 e. The summed E-state index contributed by atoms with van der Waals surface area (Å²) < 4.78 is 21.6. The van der Waals surface area contributed by atoms with Gasteiger partial charge in [-0.2, -0.15) is 0 Å². The molecule has 1 aromatic rings. The van der Waals surface area contributed by atoms with Gasteiger partial charge in [0, 0.05) is 13.8 Å². The highest BCUT2D eigenvalue weighted by molar-refractivity contribution is 6.18. The van der Waals surface area contributed by atoms with Gasteiger partial charge in [0.05, 0.1) is 13.2 Å². The van der Waals surface area contributed by atoms with Gasteiger partial charge in [-0.1, -0.05) is 6.07 Å². The predicted molar refractivity (Wildman–Crippen MR) is 90.1 cm³/mol. The van der Waals surface area contributed by atoms with Crippen LogP contribution in [0.15, 0.2) is 23.8 Å². The molecule has 0 unspecified atom stereocenters. The second-order valence-corrected chi connectivity index (χ2v) is 6.67. The van der Waals surface area contributed by atoms with Gasteiger partial charge in [-0.15, -0.1) is 0 Å². The van der Waals surface area contributed by atoms with Crippen LogP contribution < -0.4 is 9.47 Å². The maximum absolute atomic E-state index is 12.0. The molecule has 1 saturated heterocycles. The predicted octanol–water partition coefficient (Wildman–Crippen LogP) is 3.24. The fourth-order valence-electron chi connectivity index (χ4n) is 3.00. The van der Waals surface area contributed by atoms with Gasteiger partial charge in [0.2, 0.25) is 0 Å². The fraction of sp³-hybridized carbons (Fsp3) is 0.474. The van der Waals surface area contributed by atoms with Crippen LogP contribution >= 0.6 is 0 Å². The Morgan fingerprint density at radius 1 is 1.08 bits per heavy atom. The van der Waals surface area contributed by atoms with E-state index in [-0.39, 0.29) is 11.7 Å². The lowest BCUT2D eigenvalue weighted by atomic mass is 10.1. The Hall–Kier alpha value is -2.50. The zero-order chi connectivity index (χ0) is 18.0. The van der Waals surface area contributed by atoms with Crippen LogP contribution in [0.25, 0.3) is 6.08 Å². The van der Waals surface area contributed by atoms with Gasteiger partial charge in [0.25, 0.3) is 5.79 Å². The van der Waals surface area contributed by atoms with Crippen molar-refractivity contribution in [2.75, 3.05) is 7.11 Å². The Labute approximate surface area is 146 Å². The van der Waals surface area contributed by atoms with Crippen LogP contribution in [0, 0.1) is 0 Å². The van der Waals surface area contributed by atoms with Crippen LogP contribution in [-0.4, -0.2) is 30.9 Å². The minimum absolute atomic E-state index is 0.147. The molecule has 2 aliphatic rings. The number of methoxy groups -OCH3 is 1. The first kappa shape index (κ1) is 17.3. The molecule has 0 aromatic heterocycles. The van der Waals surface area contributed by atoms with E-state index in [1.165, 1.54) is 32.8 Å². The van der Waals surface area contributed by atoms with Crippen molar-refractivity contribution < 1.29 is 28.5 Å². The molecule has 1 aliphatic heterocycles. The van der Waals surface area contributed by atoms with Crippen molar-refractivity contribution in [2.24, 2.45) is 0 Å². The van der Waals surface area contributed by atoms with Crippen LogP contribution in [0.2, 0.25) is 0 Å². The van der Waals surface area contributed by atoms with E-state index in [2.05, 4.69) is 0 Å². The SMILES string of the molecule is COc1cc(C=C2C(=O)OC(C)(C)OC2=O)ccc1OC1CCCC1. The van der Waals surface area contributed by atoms with Gasteiger partial charge < -0.3 is 18.9 Å². The highest BCUT2D eigenvalue weighted by Crippen LogP contribution is 2.33. The molecule has 6 heteroatoms. The van der Waals surface area contributed by atoms with Crippen molar-refractivity contribution in [3.8, 4) is 11.5 Å². The molecule has 25 heavy (non-hydrogen) atoms. The molecule has 1 aromatic carbocycles. The smallest absolute Gasteiger partial charge is 0.348 e. The van der Waals surface area contributed by atoms with Gasteiger partial charge in [0.1, 0.15) is 5.57 Å². The van der Waals surface area contributed by atoms with E-state index in [1.807, 2.05) is 0 Å². The monoisotopic (exact) mass is 346 g/mol. The van der Waals surface area contributed by atoms with Gasteiger partial charge in [-0.3, -0.25) is 0 Å². The number of carbonyl (C=O) groups excluding carboxylic acids is 2. The average molecular weight is 346 g/mol. The standard InChI is InChI=1S/C19H22O6/c1-19(2)24-17(20)14(18(21)25-19)10-12-8-9-15(16(11-12)22-3)23-13-6-4-5-7-13/h8-11,13H,4-7H2,1-3H3. The van der Waals surface area contributed by atoms with Gasteiger partial charge >= 0.3 is 11.9 Å². The fourth-order valence-corrected chi connectivity index (χ4v) is 3.00. The summed E-state index contributed by atoms with van der Waals surface area (Å²) in [5.41, 5.74) is 0.477. The van der Waals surface area contributed by atoms with Crippen LogP contribution in [0.4, 0.5) is 0 Å². The zero-order valence-corrected chi connectivity index (χ0v) is 14.7. The highest BCUT2D eigenvalue weighted by atomic mass is 16.7. The number of esters is 2. The summed E-state index contributed by atoms with van der Waals surface area (Å²) in [4.78, 5) is 24.1. The number of carbonyl (C=O) groups is 2. The summed E-state index contributed by atoms with van der Waals surface area (Å²) in [6.45, 7) is 3.02. The molecule has 1 aliphatic carbocycles. The van der Waals surface area contributed by atoms with Crippen LogP contribution in [0.1, 0.15) is 45.1 Å². The Kier molecular flexibility index (Phi) is 4.70. The molecule has 3 rings (SSSR count). The highest BCUT2D eigenvalue weighted by Gasteiger charge is 2.38. The molecule has 1 heterocycles. The van der Waals surface area contributed by atoms with Crippen LogP contribution in [0.5, 0.6) is 11.5 Å². The van der Waals surface area contributed by atoms with E-state index < -0.39 is 17.7 Å². The molecule has 134 valence electrons. The third kappa shape index (κ3) is 3.95. The molecule has 0 bridgehead atoms. The van der Waals surface area contributed by atoms with Crippen molar-refractivity contribution in [3.63, 3.8) is 0 Å². The summed E-state index contributed by atoms with van der Waals surface area (Å²) in [6, 6.07) is 5.27. The summed E-state index contributed by atoms with van der Waals surface area (Å²) in [6.07, 6.45) is 6.09. The lowest BCUT2D eigenvalue weighted by Gasteiger charge is -2.29. The molecule has 6 nitrogen and oxygen atoms in total. The minimum Gasteiger partial charge on any atom is -0.493 e. The average Bonchev–Trinajstić information content (AvgIpc) is 3.04. The van der Waals surface area contributed by atoms with Crippen molar-refractivity contribution in [1.29, 1.82) is 0 Å². The van der Waals surface area contributed by atoms with Gasteiger partial charge in [-0.25, -0.2) is 9.59 Å². The lowest BCUT2D eigenvalue weighted by molar-refractivity contribution is -0.222. The molecule has 0 amide bonds. The molecule has 0 atom stereocenters. The number of ether oxygens (including phenoxy) is 4. The zero-order valence-electron chi connectivity index (χ0n) is 14.7. The topological polar surface area (TPSA) is 71.1 Å². The molecular weight excluding hydrogens is 324 g/mol. The number of hydrogen-bond acceptors (Lipinski definition) is 6. The minimum atomic E-state index is -1.25. The van der Waals surface area contributed by atoms with Gasteiger partial charge in [-0.05, 0) is 49.5 Å². The van der Waals surface area contributed by atoms with E-state index in [4.69, 9.17) is 18.9 Å². The molecule has 2 fully saturated rings. The maximum atomic E-state index is 12.0. The van der Waals surface area contributed by atoms with E-state index in [1.54, 1.807) is 25.3 Å². The Morgan fingerprint density at radius 3 is 2.32 bits per heavy atom. The Balaban J connectivity index is 1.83. The van der Waals surface area contributed by atoms with Crippen molar-refractivity contribution in [3.05, 3.63) is 29.3 Å². The number of rotatable bonds is 4. The van der Waals surface area contributed by atoms with E-state index in [9.17, 15) is 9.59 Å². The van der Waals surface area contributed by atoms with E-state index in [0.29, 0.717) is 17.1 Å². The van der Waals surface area contributed by atoms with E-state index in [0.717, 1.165) is 12.8 Å². The third-order valence-electron chi connectivity index (χ3n) is 4.21. The quantitative estimate of drug-likeness (QED) is 0.473. The van der Waals surface area contributed by atoms with Gasteiger partial charge in [0.15, 0.2) is 11.5 Å². The van der Waals surface area contributed by atoms with Crippen LogP contribution in [-0.2, 0) is 19.1 Å². The Morgan fingerprint density at radius 2 is 1.72 bits per heavy atom. The van der Waals surface area contributed by atoms with Crippen LogP contribution in [0.3, 0.4) is 0 Å². The molecule has 0 N–H and O–H groups in total. The third-order valence-corrected chi connectivity index (χ3v) is 4.21. The summed E-state index contributed by atoms with van der Waals surface area (Å²) in [5, 5.41) is 0. The first-order valence-electron chi connectivity index (χ1n) is 8.41. The maximum Gasteiger partial charge on any atom is 0.348 e. The summed E-state index contributed by atoms with van der Waals surface area (Å²) in [5.74, 6) is -1.44. The lowest BCUT2D eigenvalue weighted by Crippen LogP contribution is -2.41. The summed E-state index contributed by atoms with van der Waals surface area (Å²) >= 11 is 0. The molecular formula is C19H22O6. The second kappa shape index (κ2) is 6.78. The molecule has 0 spiro atoms. The second-order valence-electron chi connectivity index (χ2n) is 6.67. The first-order chi connectivity index (χ1) is 11.9. The normalized spacial score (nSPS) is 20.0. The number of cyclic esters (lactones) is 2. The number of benzene rings is 1. The molecule has 1 saturated carbocycles. The molecule has 0 radical (unpaired) electrons. The van der Waals surface area contributed by atoms with Crippen molar-refractivity contribution in [1.82, 2.24) is 0 Å². The summed E-state index contributed by atoms with van der Waals surface area (Å²) in [7, 11) is 1.55. The van der Waals surface area contributed by atoms with Crippen molar-refractivity contribution >= 4 is 18.0 Å². The first-order valence-corrected chi connectivity index (χ1v) is 8.41.